The second kappa shape index (κ2) is 5.14. The third kappa shape index (κ3) is 2.74. The molecule has 1 aromatic rings. The van der Waals surface area contributed by atoms with E-state index in [9.17, 15) is 10.1 Å². The molecule has 1 aliphatic heterocycles. The first-order chi connectivity index (χ1) is 8.18. The lowest BCUT2D eigenvalue weighted by molar-refractivity contribution is -0.384. The minimum atomic E-state index is -0.312. The Hall–Kier alpha value is -1.62. The minimum absolute atomic E-state index is 0.193. The molecule has 1 atom stereocenters. The lowest BCUT2D eigenvalue weighted by Crippen LogP contribution is -2.38. The van der Waals surface area contributed by atoms with Crippen LogP contribution in [0.5, 0.6) is 0 Å². The summed E-state index contributed by atoms with van der Waals surface area (Å²) in [5.74, 6) is 0. The van der Waals surface area contributed by atoms with E-state index in [1.54, 1.807) is 19.1 Å². The van der Waals surface area contributed by atoms with E-state index in [-0.39, 0.29) is 16.7 Å². The Morgan fingerprint density at radius 2 is 2.35 bits per heavy atom. The van der Waals surface area contributed by atoms with Gasteiger partial charge >= 0.3 is 0 Å². The number of anilines is 1. The molecule has 1 fully saturated rings. The average Bonchev–Trinajstić information content (AvgIpc) is 2.30. The Balaban J connectivity index is 2.19. The molecule has 1 aliphatic rings. The molecule has 0 radical (unpaired) electrons. The second-order valence-corrected chi connectivity index (χ2v) is 4.42. The van der Waals surface area contributed by atoms with Gasteiger partial charge in [-0.2, -0.15) is 0 Å². The number of hydrogen-bond acceptors (Lipinski definition) is 4. The van der Waals surface area contributed by atoms with Crippen molar-refractivity contribution in [3.63, 3.8) is 0 Å². The van der Waals surface area contributed by atoms with Crippen molar-refractivity contribution in [2.24, 2.45) is 0 Å². The van der Waals surface area contributed by atoms with E-state index in [1.807, 2.05) is 6.07 Å². The number of hydrogen-bond donors (Lipinski definition) is 2. The average molecular weight is 235 g/mol. The fraction of sp³-hybridized carbons (Fsp3) is 0.500. The Labute approximate surface area is 100 Å². The number of rotatable bonds is 3. The van der Waals surface area contributed by atoms with Crippen molar-refractivity contribution in [2.75, 3.05) is 18.4 Å². The maximum atomic E-state index is 11.0. The zero-order valence-corrected chi connectivity index (χ0v) is 9.90. The van der Waals surface area contributed by atoms with E-state index < -0.39 is 0 Å². The zero-order valence-electron chi connectivity index (χ0n) is 9.90. The number of benzene rings is 1. The van der Waals surface area contributed by atoms with Gasteiger partial charge in [0.05, 0.1) is 4.92 Å². The molecule has 92 valence electrons. The Bertz CT molecular complexity index is 414. The maximum absolute atomic E-state index is 11.0. The van der Waals surface area contributed by atoms with Crippen molar-refractivity contribution in [3.05, 3.63) is 33.9 Å². The molecule has 2 rings (SSSR count). The van der Waals surface area contributed by atoms with Crippen molar-refractivity contribution >= 4 is 11.4 Å². The number of para-hydroxylation sites is 1. The smallest absolute Gasteiger partial charge is 0.295 e. The first-order valence-electron chi connectivity index (χ1n) is 5.90. The van der Waals surface area contributed by atoms with Gasteiger partial charge < -0.3 is 10.6 Å². The third-order valence-corrected chi connectivity index (χ3v) is 3.08. The van der Waals surface area contributed by atoms with Gasteiger partial charge in [-0.25, -0.2) is 0 Å². The molecule has 1 saturated heterocycles. The van der Waals surface area contributed by atoms with Gasteiger partial charge in [0.1, 0.15) is 5.69 Å². The molecule has 0 amide bonds. The highest BCUT2D eigenvalue weighted by molar-refractivity contribution is 5.65. The van der Waals surface area contributed by atoms with Gasteiger partial charge in [0, 0.05) is 18.2 Å². The van der Waals surface area contributed by atoms with Crippen molar-refractivity contribution in [2.45, 2.75) is 25.8 Å². The molecule has 0 bridgehead atoms. The highest BCUT2D eigenvalue weighted by Gasteiger charge is 2.20. The van der Waals surface area contributed by atoms with Crippen LogP contribution >= 0.6 is 0 Å². The quantitative estimate of drug-likeness (QED) is 0.621. The summed E-state index contributed by atoms with van der Waals surface area (Å²) in [6.45, 7) is 3.67. The molecule has 0 aromatic heterocycles. The van der Waals surface area contributed by atoms with Crippen molar-refractivity contribution in [1.29, 1.82) is 0 Å². The summed E-state index contributed by atoms with van der Waals surface area (Å²) in [6, 6.07) is 5.67. The van der Waals surface area contributed by atoms with Crippen LogP contribution in [0.4, 0.5) is 11.4 Å². The zero-order chi connectivity index (χ0) is 12.3. The van der Waals surface area contributed by atoms with Gasteiger partial charge in [0.25, 0.3) is 5.69 Å². The molecule has 0 spiro atoms. The monoisotopic (exact) mass is 235 g/mol. The van der Waals surface area contributed by atoms with E-state index in [0.29, 0.717) is 11.3 Å². The largest absolute Gasteiger partial charge is 0.375 e. The highest BCUT2D eigenvalue weighted by atomic mass is 16.6. The second-order valence-electron chi connectivity index (χ2n) is 4.42. The van der Waals surface area contributed by atoms with Crippen LogP contribution in [-0.2, 0) is 0 Å². The Morgan fingerprint density at radius 1 is 1.53 bits per heavy atom. The van der Waals surface area contributed by atoms with Crippen molar-refractivity contribution < 1.29 is 4.92 Å². The Kier molecular flexibility index (Phi) is 3.58. The van der Waals surface area contributed by atoms with Crippen LogP contribution in [0.1, 0.15) is 18.4 Å². The molecule has 5 heteroatoms. The van der Waals surface area contributed by atoms with Crippen LogP contribution in [-0.4, -0.2) is 24.1 Å². The van der Waals surface area contributed by atoms with Crippen LogP contribution in [0, 0.1) is 17.0 Å². The number of piperidine rings is 1. The predicted octanol–water partition coefficient (Wildman–Crippen LogP) is 2.07. The summed E-state index contributed by atoms with van der Waals surface area (Å²) in [5, 5.41) is 17.6. The molecule has 2 N–H and O–H groups in total. The summed E-state index contributed by atoms with van der Waals surface area (Å²) >= 11 is 0. The summed E-state index contributed by atoms with van der Waals surface area (Å²) in [7, 11) is 0. The molecular formula is C12H17N3O2. The molecule has 1 unspecified atom stereocenters. The van der Waals surface area contributed by atoms with Crippen molar-refractivity contribution in [3.8, 4) is 0 Å². The maximum Gasteiger partial charge on any atom is 0.295 e. The minimum Gasteiger partial charge on any atom is -0.375 e. The van der Waals surface area contributed by atoms with Crippen LogP contribution in [0.25, 0.3) is 0 Å². The number of nitro groups is 1. The van der Waals surface area contributed by atoms with Crippen LogP contribution in [0.15, 0.2) is 18.2 Å². The molecule has 0 saturated carbocycles. The normalized spacial score (nSPS) is 19.9. The van der Waals surface area contributed by atoms with Crippen LogP contribution < -0.4 is 10.6 Å². The molecule has 17 heavy (non-hydrogen) atoms. The number of nitrogens with one attached hydrogen (secondary N) is 2. The molecular weight excluding hydrogens is 218 g/mol. The summed E-state index contributed by atoms with van der Waals surface area (Å²) < 4.78 is 0. The van der Waals surface area contributed by atoms with Gasteiger partial charge in [0.15, 0.2) is 0 Å². The SMILES string of the molecule is Cc1cccc(NC2CCCNC2)c1[N+](=O)[O-]. The van der Waals surface area contributed by atoms with Crippen LogP contribution in [0.3, 0.4) is 0 Å². The first kappa shape index (κ1) is 11.9. The lowest BCUT2D eigenvalue weighted by atomic mass is 10.1. The fourth-order valence-corrected chi connectivity index (χ4v) is 2.21. The summed E-state index contributed by atoms with van der Waals surface area (Å²) in [6.07, 6.45) is 2.16. The molecule has 1 heterocycles. The van der Waals surface area contributed by atoms with Gasteiger partial charge in [-0.3, -0.25) is 10.1 Å². The van der Waals surface area contributed by atoms with E-state index in [0.717, 1.165) is 25.9 Å². The van der Waals surface area contributed by atoms with E-state index in [1.165, 1.54) is 0 Å². The first-order valence-corrected chi connectivity index (χ1v) is 5.90. The van der Waals surface area contributed by atoms with Gasteiger partial charge in [-0.05, 0) is 32.4 Å². The lowest BCUT2D eigenvalue weighted by Gasteiger charge is -2.24. The molecule has 0 aliphatic carbocycles. The van der Waals surface area contributed by atoms with E-state index in [2.05, 4.69) is 10.6 Å². The summed E-state index contributed by atoms with van der Waals surface area (Å²) in [4.78, 5) is 10.7. The van der Waals surface area contributed by atoms with Crippen LogP contribution in [0.2, 0.25) is 0 Å². The summed E-state index contributed by atoms with van der Waals surface area (Å²) in [5.41, 5.74) is 1.52. The van der Waals surface area contributed by atoms with E-state index in [4.69, 9.17) is 0 Å². The van der Waals surface area contributed by atoms with Gasteiger partial charge in [-0.15, -0.1) is 0 Å². The van der Waals surface area contributed by atoms with E-state index >= 15 is 0 Å². The number of nitro benzene ring substituents is 1. The van der Waals surface area contributed by atoms with Gasteiger partial charge in [0.2, 0.25) is 0 Å². The number of aryl methyl sites for hydroxylation is 1. The fourth-order valence-electron chi connectivity index (χ4n) is 2.21. The standard InChI is InChI=1S/C12H17N3O2/c1-9-4-2-6-11(12(9)15(16)17)14-10-5-3-7-13-8-10/h2,4,6,10,13-14H,3,5,7-8H2,1H3. The third-order valence-electron chi connectivity index (χ3n) is 3.08. The Morgan fingerprint density at radius 3 is 3.00 bits per heavy atom. The van der Waals surface area contributed by atoms with Gasteiger partial charge in [-0.1, -0.05) is 12.1 Å². The molecule has 1 aromatic carbocycles. The molecule has 5 nitrogen and oxygen atoms in total. The predicted molar refractivity (Wildman–Crippen MR) is 67.3 cm³/mol. The number of nitrogens with zero attached hydrogens (tertiary/aromatic N) is 1. The highest BCUT2D eigenvalue weighted by Crippen LogP contribution is 2.28. The van der Waals surface area contributed by atoms with Crippen molar-refractivity contribution in [1.82, 2.24) is 5.32 Å². The topological polar surface area (TPSA) is 67.2 Å².